The van der Waals surface area contributed by atoms with Crippen LogP contribution in [0, 0.1) is 11.3 Å². The quantitative estimate of drug-likeness (QED) is 0.317. The van der Waals surface area contributed by atoms with Crippen LogP contribution in [0.4, 0.5) is 10.5 Å². The highest BCUT2D eigenvalue weighted by Gasteiger charge is 2.53. The van der Waals surface area contributed by atoms with Crippen LogP contribution in [0.2, 0.25) is 0 Å². The van der Waals surface area contributed by atoms with Gasteiger partial charge in [-0.2, -0.15) is 15.2 Å². The van der Waals surface area contributed by atoms with Crippen LogP contribution in [0.3, 0.4) is 0 Å². The van der Waals surface area contributed by atoms with Gasteiger partial charge in [0.15, 0.2) is 17.3 Å². The highest BCUT2D eigenvalue weighted by molar-refractivity contribution is 5.71. The minimum Gasteiger partial charge on any atom is -0.473 e. The number of fused-ring (bicyclic) bond motifs is 4. The topological polar surface area (TPSA) is 153 Å². The molecule has 2 aliphatic carbocycles. The third-order valence-electron chi connectivity index (χ3n) is 11.0. The van der Waals surface area contributed by atoms with Crippen LogP contribution in [0.5, 0.6) is 11.8 Å². The van der Waals surface area contributed by atoms with Gasteiger partial charge >= 0.3 is 6.09 Å². The summed E-state index contributed by atoms with van der Waals surface area (Å²) in [4.78, 5) is 26.7. The van der Waals surface area contributed by atoms with Gasteiger partial charge in [0.25, 0.3) is 0 Å². The number of ether oxygens (including phenoxy) is 3. The Labute approximate surface area is 287 Å². The van der Waals surface area contributed by atoms with Crippen LogP contribution in [-0.4, -0.2) is 80.5 Å². The standard InChI is InChI=1S/C37H47N7O5/c1-21(26-11-9-17-43(26)7)46-28-18-29(47-27-20-44(36(27,5)6)34(45)48-35(2,3)4)41-33(40-28)31-23-10-8-15-37(32(23)49-42-31)16-14-22-12-13-25(39)24(19-38)30(22)37/h12-13,18,21,26-27H,8-11,14-17,20,39H2,1-7H3/t21-,26-,27+,37-/m0/s1. The fraction of sp³-hybridized carbons (Fsp3) is 0.595. The lowest BCUT2D eigenvalue weighted by atomic mass is 9.68. The van der Waals surface area contributed by atoms with Gasteiger partial charge in [-0.05, 0) is 117 Å². The van der Waals surface area contributed by atoms with Crippen LogP contribution in [0.15, 0.2) is 22.7 Å². The molecule has 0 saturated carbocycles. The van der Waals surface area contributed by atoms with Crippen LogP contribution < -0.4 is 15.2 Å². The number of nitrogens with zero attached hydrogens (tertiary/aromatic N) is 6. The lowest BCUT2D eigenvalue weighted by Gasteiger charge is -2.53. The molecule has 4 atom stereocenters. The van der Waals surface area contributed by atoms with Crippen molar-refractivity contribution in [1.82, 2.24) is 24.9 Å². The summed E-state index contributed by atoms with van der Waals surface area (Å²) in [6.07, 6.45) is 5.46. The molecule has 4 heterocycles. The number of benzene rings is 1. The van der Waals surface area contributed by atoms with Crippen molar-refractivity contribution in [2.75, 3.05) is 25.9 Å². The molecule has 2 N–H and O–H groups in total. The highest BCUT2D eigenvalue weighted by atomic mass is 16.6. The third-order valence-corrected chi connectivity index (χ3v) is 11.0. The minimum absolute atomic E-state index is 0.120. The average molecular weight is 670 g/mol. The summed E-state index contributed by atoms with van der Waals surface area (Å²) in [5.74, 6) is 1.85. The van der Waals surface area contributed by atoms with E-state index in [2.05, 4.69) is 30.1 Å². The molecule has 12 nitrogen and oxygen atoms in total. The van der Waals surface area contributed by atoms with E-state index in [-0.39, 0.29) is 24.3 Å². The number of amides is 1. The van der Waals surface area contributed by atoms with Gasteiger partial charge in [-0.25, -0.2) is 4.79 Å². The third kappa shape index (κ3) is 5.66. The molecule has 0 bridgehead atoms. The summed E-state index contributed by atoms with van der Waals surface area (Å²) in [6.45, 7) is 12.9. The predicted molar refractivity (Wildman–Crippen MR) is 182 cm³/mol. The van der Waals surface area contributed by atoms with Crippen molar-refractivity contribution in [1.29, 1.82) is 5.26 Å². The van der Waals surface area contributed by atoms with E-state index in [9.17, 15) is 10.1 Å². The molecule has 260 valence electrons. The molecule has 2 saturated heterocycles. The van der Waals surface area contributed by atoms with Gasteiger partial charge in [0.1, 0.15) is 23.9 Å². The van der Waals surface area contributed by atoms with Gasteiger partial charge in [0.2, 0.25) is 11.8 Å². The molecule has 1 aromatic carbocycles. The number of likely N-dealkylation sites (tertiary alicyclic amines) is 2. The van der Waals surface area contributed by atoms with E-state index >= 15 is 0 Å². The van der Waals surface area contributed by atoms with E-state index in [1.165, 1.54) is 0 Å². The Bertz CT molecular complexity index is 1820. The smallest absolute Gasteiger partial charge is 0.410 e. The van der Waals surface area contributed by atoms with E-state index in [4.69, 9.17) is 34.4 Å². The zero-order chi connectivity index (χ0) is 34.9. The first-order valence-corrected chi connectivity index (χ1v) is 17.5. The molecule has 2 aromatic heterocycles. The van der Waals surface area contributed by atoms with E-state index in [0.717, 1.165) is 73.9 Å². The first kappa shape index (κ1) is 33.1. The van der Waals surface area contributed by atoms with Crippen LogP contribution >= 0.6 is 0 Å². The van der Waals surface area contributed by atoms with Gasteiger partial charge in [0.05, 0.1) is 29.1 Å². The maximum atomic E-state index is 12.9. The van der Waals surface area contributed by atoms with Gasteiger partial charge in [0, 0.05) is 17.3 Å². The van der Waals surface area contributed by atoms with Crippen molar-refractivity contribution in [2.45, 2.75) is 121 Å². The molecule has 12 heteroatoms. The van der Waals surface area contributed by atoms with Crippen LogP contribution in [0.25, 0.3) is 11.5 Å². The molecule has 49 heavy (non-hydrogen) atoms. The Balaban J connectivity index is 1.24. The second kappa shape index (κ2) is 11.9. The van der Waals surface area contributed by atoms with Crippen molar-refractivity contribution in [3.63, 3.8) is 0 Å². The molecular formula is C37H47N7O5. The summed E-state index contributed by atoms with van der Waals surface area (Å²) in [5.41, 5.74) is 9.20. The van der Waals surface area contributed by atoms with Crippen molar-refractivity contribution in [3.8, 4) is 29.3 Å². The molecule has 3 aromatic rings. The number of nitriles is 1. The number of carbonyl (C=O) groups is 1. The number of aryl methyl sites for hydroxylation is 1. The van der Waals surface area contributed by atoms with Crippen molar-refractivity contribution in [2.24, 2.45) is 0 Å². The average Bonchev–Trinajstić information content (AvgIpc) is 3.76. The van der Waals surface area contributed by atoms with E-state index < -0.39 is 16.6 Å². The summed E-state index contributed by atoms with van der Waals surface area (Å²) in [7, 11) is 2.12. The molecule has 4 aliphatic rings. The van der Waals surface area contributed by atoms with Crippen molar-refractivity contribution < 1.29 is 23.5 Å². The number of nitrogen functional groups attached to an aromatic ring is 1. The predicted octanol–water partition coefficient (Wildman–Crippen LogP) is 5.79. The number of hydrogen-bond donors (Lipinski definition) is 1. The second-order valence-electron chi connectivity index (χ2n) is 15.7. The molecule has 2 aliphatic heterocycles. The Morgan fingerprint density at radius 1 is 1.16 bits per heavy atom. The Morgan fingerprint density at radius 3 is 2.63 bits per heavy atom. The fourth-order valence-corrected chi connectivity index (χ4v) is 8.33. The highest BCUT2D eigenvalue weighted by Crippen LogP contribution is 2.54. The lowest BCUT2D eigenvalue weighted by molar-refractivity contribution is -0.103. The molecular weight excluding hydrogens is 622 g/mol. The summed E-state index contributed by atoms with van der Waals surface area (Å²) >= 11 is 0. The van der Waals surface area contributed by atoms with Crippen LogP contribution in [-0.2, 0) is 23.0 Å². The van der Waals surface area contributed by atoms with E-state index in [1.807, 2.05) is 46.8 Å². The number of nitrogens with two attached hydrogens (primary N) is 1. The summed E-state index contributed by atoms with van der Waals surface area (Å²) in [5, 5.41) is 14.7. The number of anilines is 1. The lowest BCUT2D eigenvalue weighted by Crippen LogP contribution is -2.71. The zero-order valence-electron chi connectivity index (χ0n) is 29.6. The van der Waals surface area contributed by atoms with Gasteiger partial charge in [-0.1, -0.05) is 11.2 Å². The molecule has 7 rings (SSSR count). The number of carbonyl (C=O) groups excluding carboxylic acids is 1. The second-order valence-corrected chi connectivity index (χ2v) is 15.7. The molecule has 1 spiro atoms. The molecule has 0 unspecified atom stereocenters. The minimum atomic E-state index is -0.635. The van der Waals surface area contributed by atoms with E-state index in [0.29, 0.717) is 41.1 Å². The number of likely N-dealkylation sites (N-methyl/N-ethyl adjacent to an activating group) is 1. The normalized spacial score (nSPS) is 24.9. The molecule has 0 radical (unpaired) electrons. The number of hydrogen-bond acceptors (Lipinski definition) is 11. The first-order chi connectivity index (χ1) is 23.2. The monoisotopic (exact) mass is 669 g/mol. The number of aromatic nitrogens is 3. The van der Waals surface area contributed by atoms with Crippen molar-refractivity contribution >= 4 is 11.8 Å². The Hall–Kier alpha value is -4.37. The fourth-order valence-electron chi connectivity index (χ4n) is 8.33. The SMILES string of the molecule is C[C@H](Oc1cc(O[C@@H]2CN(C(=O)OC(C)(C)C)C2(C)C)nc(-c2noc3c2CCC[C@@]32CCc3ccc(N)c(C#N)c32)n1)[C@@H]1CCCN1C. The van der Waals surface area contributed by atoms with Crippen molar-refractivity contribution in [3.05, 3.63) is 46.2 Å². The summed E-state index contributed by atoms with van der Waals surface area (Å²) < 4.78 is 24.9. The van der Waals surface area contributed by atoms with Gasteiger partial charge < -0.3 is 24.5 Å². The Kier molecular flexibility index (Phi) is 8.05. The maximum Gasteiger partial charge on any atom is 0.410 e. The first-order valence-electron chi connectivity index (χ1n) is 17.5. The summed E-state index contributed by atoms with van der Waals surface area (Å²) in [6, 6.07) is 8.22. The molecule has 2 fully saturated rings. The zero-order valence-corrected chi connectivity index (χ0v) is 29.6. The molecule has 1 amide bonds. The van der Waals surface area contributed by atoms with Gasteiger partial charge in [-0.3, -0.25) is 9.80 Å². The number of rotatable bonds is 6. The van der Waals surface area contributed by atoms with E-state index in [1.54, 1.807) is 11.0 Å². The van der Waals surface area contributed by atoms with Crippen LogP contribution in [0.1, 0.15) is 102 Å². The van der Waals surface area contributed by atoms with Gasteiger partial charge in [-0.15, -0.1) is 0 Å². The Morgan fingerprint density at radius 2 is 1.94 bits per heavy atom. The largest absolute Gasteiger partial charge is 0.473 e. The maximum absolute atomic E-state index is 12.9.